The normalized spacial score (nSPS) is 9.07. The van der Waals surface area contributed by atoms with Gasteiger partial charge in [-0.25, -0.2) is 4.79 Å². The Labute approximate surface area is 97.2 Å². The molecule has 0 saturated heterocycles. The zero-order valence-corrected chi connectivity index (χ0v) is 10.2. The van der Waals surface area contributed by atoms with Crippen molar-refractivity contribution in [3.8, 4) is 0 Å². The number of rotatable bonds is 1. The molecule has 2 N–H and O–H groups in total. The van der Waals surface area contributed by atoms with E-state index in [4.69, 9.17) is 5.73 Å². The summed E-state index contributed by atoms with van der Waals surface area (Å²) in [6, 6.07) is 3.40. The highest BCUT2D eigenvalue weighted by atomic mass is 79.9. The lowest BCUT2D eigenvalue weighted by Gasteiger charge is -2.05. The molecule has 0 heterocycles. The molecule has 3 nitrogen and oxygen atoms in total. The van der Waals surface area contributed by atoms with E-state index in [2.05, 4.69) is 20.7 Å². The molecule has 0 aliphatic rings. The van der Waals surface area contributed by atoms with Gasteiger partial charge in [0.25, 0.3) is 0 Å². The molecule has 0 aliphatic carbocycles. The van der Waals surface area contributed by atoms with Crippen molar-refractivity contribution in [2.45, 2.75) is 6.92 Å². The Hall–Kier alpha value is -0.740. The number of anilines is 1. The number of hydrogen-bond acceptors (Lipinski definition) is 3. The summed E-state index contributed by atoms with van der Waals surface area (Å²) in [5.74, 6) is -0.390. The van der Waals surface area contributed by atoms with E-state index < -0.39 is 5.97 Å². The molecule has 0 bridgehead atoms. The number of hydrogen-bond donors (Lipinski definition) is 1. The van der Waals surface area contributed by atoms with Crippen molar-refractivity contribution in [1.29, 1.82) is 0 Å². The van der Waals surface area contributed by atoms with Gasteiger partial charge in [-0.1, -0.05) is 0 Å². The van der Waals surface area contributed by atoms with Gasteiger partial charge in [0, 0.05) is 10.2 Å². The van der Waals surface area contributed by atoms with Gasteiger partial charge < -0.3 is 10.5 Å². The van der Waals surface area contributed by atoms with Crippen LogP contribution in [0.5, 0.6) is 0 Å². The number of methoxy groups -OCH3 is 1. The first-order chi connectivity index (χ1) is 6.06. The number of halogens is 2. The fourth-order valence-corrected chi connectivity index (χ4v) is 1.58. The molecule has 0 fully saturated rings. The highest BCUT2D eigenvalue weighted by Gasteiger charge is 2.11. The molecule has 1 aromatic carbocycles. The minimum atomic E-state index is -0.390. The summed E-state index contributed by atoms with van der Waals surface area (Å²) < 4.78 is 5.29. The molecular formula is C9H11BrClNO2. The monoisotopic (exact) mass is 279 g/mol. The lowest BCUT2D eigenvalue weighted by atomic mass is 10.1. The second kappa shape index (κ2) is 5.22. The van der Waals surface area contributed by atoms with E-state index in [-0.39, 0.29) is 12.4 Å². The van der Waals surface area contributed by atoms with Crippen LogP contribution in [0.3, 0.4) is 0 Å². The van der Waals surface area contributed by atoms with Crippen molar-refractivity contribution in [2.24, 2.45) is 0 Å². The summed E-state index contributed by atoms with van der Waals surface area (Å²) in [5, 5.41) is 0. The SMILES string of the molecule is COC(=O)c1cc(N)c(C)cc1Br.Cl. The van der Waals surface area contributed by atoms with Crippen LogP contribution >= 0.6 is 28.3 Å². The molecule has 14 heavy (non-hydrogen) atoms. The lowest BCUT2D eigenvalue weighted by molar-refractivity contribution is 0.0600. The third kappa shape index (κ3) is 2.62. The molecule has 0 atom stereocenters. The number of esters is 1. The van der Waals surface area contributed by atoms with Crippen LogP contribution in [0.15, 0.2) is 16.6 Å². The van der Waals surface area contributed by atoms with Crippen LogP contribution in [0.4, 0.5) is 5.69 Å². The third-order valence-electron chi connectivity index (χ3n) is 1.76. The van der Waals surface area contributed by atoms with Gasteiger partial charge in [-0.05, 0) is 40.5 Å². The smallest absolute Gasteiger partial charge is 0.339 e. The highest BCUT2D eigenvalue weighted by molar-refractivity contribution is 9.10. The first-order valence-corrected chi connectivity index (χ1v) is 4.49. The Morgan fingerprint density at radius 3 is 2.57 bits per heavy atom. The summed E-state index contributed by atoms with van der Waals surface area (Å²) in [5.41, 5.74) is 7.62. The van der Waals surface area contributed by atoms with Gasteiger partial charge in [-0.2, -0.15) is 0 Å². The van der Waals surface area contributed by atoms with Gasteiger partial charge in [0.15, 0.2) is 0 Å². The fourth-order valence-electron chi connectivity index (χ4n) is 0.956. The molecule has 1 aromatic rings. The predicted octanol–water partition coefficient (Wildman–Crippen LogP) is 2.55. The van der Waals surface area contributed by atoms with Crippen molar-refractivity contribution < 1.29 is 9.53 Å². The van der Waals surface area contributed by atoms with E-state index in [0.717, 1.165) is 5.56 Å². The Morgan fingerprint density at radius 1 is 1.50 bits per heavy atom. The molecule has 0 spiro atoms. The maximum Gasteiger partial charge on any atom is 0.339 e. The average molecular weight is 281 g/mol. The molecule has 0 unspecified atom stereocenters. The number of ether oxygens (including phenoxy) is 1. The van der Waals surface area contributed by atoms with E-state index >= 15 is 0 Å². The van der Waals surface area contributed by atoms with Crippen LogP contribution in [-0.4, -0.2) is 13.1 Å². The van der Waals surface area contributed by atoms with Crippen LogP contribution in [0, 0.1) is 6.92 Å². The molecule has 78 valence electrons. The van der Waals surface area contributed by atoms with Crippen LogP contribution in [0.2, 0.25) is 0 Å². The Kier molecular flexibility index (Phi) is 4.94. The minimum absolute atomic E-state index is 0. The number of carbonyl (C=O) groups excluding carboxylic acids is 1. The maximum absolute atomic E-state index is 11.2. The van der Waals surface area contributed by atoms with Gasteiger partial charge in [0.05, 0.1) is 12.7 Å². The molecule has 0 saturated carbocycles. The molecular weight excluding hydrogens is 269 g/mol. The number of benzene rings is 1. The summed E-state index contributed by atoms with van der Waals surface area (Å²) in [6.45, 7) is 1.88. The molecule has 0 aliphatic heterocycles. The summed E-state index contributed by atoms with van der Waals surface area (Å²) in [6.07, 6.45) is 0. The lowest BCUT2D eigenvalue weighted by Crippen LogP contribution is -2.04. The highest BCUT2D eigenvalue weighted by Crippen LogP contribution is 2.23. The van der Waals surface area contributed by atoms with Gasteiger partial charge in [-0.3, -0.25) is 0 Å². The molecule has 1 rings (SSSR count). The zero-order chi connectivity index (χ0) is 10.0. The van der Waals surface area contributed by atoms with E-state index in [1.54, 1.807) is 12.1 Å². The topological polar surface area (TPSA) is 52.3 Å². The van der Waals surface area contributed by atoms with Gasteiger partial charge in [0.1, 0.15) is 0 Å². The summed E-state index contributed by atoms with van der Waals surface area (Å²) >= 11 is 3.27. The van der Waals surface area contributed by atoms with Crippen LogP contribution in [0.25, 0.3) is 0 Å². The van der Waals surface area contributed by atoms with E-state index in [0.29, 0.717) is 15.7 Å². The number of nitrogens with two attached hydrogens (primary N) is 1. The van der Waals surface area contributed by atoms with Crippen molar-refractivity contribution in [3.63, 3.8) is 0 Å². The van der Waals surface area contributed by atoms with E-state index in [1.807, 2.05) is 6.92 Å². The third-order valence-corrected chi connectivity index (χ3v) is 2.42. The van der Waals surface area contributed by atoms with Crippen LogP contribution in [0.1, 0.15) is 15.9 Å². The summed E-state index contributed by atoms with van der Waals surface area (Å²) in [4.78, 5) is 11.2. The first-order valence-electron chi connectivity index (χ1n) is 3.70. The van der Waals surface area contributed by atoms with Gasteiger partial charge in [0.2, 0.25) is 0 Å². The Morgan fingerprint density at radius 2 is 2.07 bits per heavy atom. The van der Waals surface area contributed by atoms with Gasteiger partial charge >= 0.3 is 5.97 Å². The first kappa shape index (κ1) is 13.3. The second-order valence-electron chi connectivity index (χ2n) is 2.68. The van der Waals surface area contributed by atoms with Crippen molar-refractivity contribution in [1.82, 2.24) is 0 Å². The van der Waals surface area contributed by atoms with Crippen molar-refractivity contribution >= 4 is 40.0 Å². The van der Waals surface area contributed by atoms with E-state index in [9.17, 15) is 4.79 Å². The maximum atomic E-state index is 11.2. The average Bonchev–Trinajstić information content (AvgIpc) is 2.10. The zero-order valence-electron chi connectivity index (χ0n) is 7.83. The molecule has 0 radical (unpaired) electrons. The second-order valence-corrected chi connectivity index (χ2v) is 3.53. The Bertz CT molecular complexity index is 355. The quantitative estimate of drug-likeness (QED) is 0.635. The number of aryl methyl sites for hydroxylation is 1. The fraction of sp³-hybridized carbons (Fsp3) is 0.222. The minimum Gasteiger partial charge on any atom is -0.465 e. The standard InChI is InChI=1S/C9H10BrNO2.ClH/c1-5-3-7(10)6(4-8(5)11)9(12)13-2;/h3-4H,11H2,1-2H3;1H. The molecule has 0 aromatic heterocycles. The largest absolute Gasteiger partial charge is 0.465 e. The predicted molar refractivity (Wildman–Crippen MR) is 61.9 cm³/mol. The van der Waals surface area contributed by atoms with Gasteiger partial charge in [-0.15, -0.1) is 12.4 Å². The summed E-state index contributed by atoms with van der Waals surface area (Å²) in [7, 11) is 1.34. The van der Waals surface area contributed by atoms with Crippen molar-refractivity contribution in [2.75, 3.05) is 12.8 Å². The van der Waals surface area contributed by atoms with Crippen molar-refractivity contribution in [3.05, 3.63) is 27.7 Å². The Balaban J connectivity index is 0.00000169. The number of nitrogen functional groups attached to an aromatic ring is 1. The van der Waals surface area contributed by atoms with Crippen LogP contribution < -0.4 is 5.73 Å². The molecule has 5 heteroatoms. The molecule has 0 amide bonds. The van der Waals surface area contributed by atoms with E-state index in [1.165, 1.54) is 7.11 Å². The number of carbonyl (C=O) groups is 1. The van der Waals surface area contributed by atoms with Crippen LogP contribution in [-0.2, 0) is 4.74 Å².